The second-order valence-corrected chi connectivity index (χ2v) is 3.78. The Bertz CT molecular complexity index is 617. The molecule has 2 aromatic rings. The van der Waals surface area contributed by atoms with Crippen LogP contribution in [-0.2, 0) is 6.54 Å². The van der Waals surface area contributed by atoms with Gasteiger partial charge >= 0.3 is 0 Å². The minimum atomic E-state index is -1.33. The molecule has 0 saturated carbocycles. The Balaban J connectivity index is 2.08. The largest absolute Gasteiger partial charge is 0.348 e. The van der Waals surface area contributed by atoms with Crippen molar-refractivity contribution in [2.75, 3.05) is 0 Å². The minimum absolute atomic E-state index is 0.0139. The van der Waals surface area contributed by atoms with Crippen LogP contribution in [-0.4, -0.2) is 10.9 Å². The molecular formula is C13H9F3N2O. The van der Waals surface area contributed by atoms with E-state index in [2.05, 4.69) is 10.3 Å². The van der Waals surface area contributed by atoms with Crippen LogP contribution in [0, 0.1) is 17.6 Å². The molecule has 0 aliphatic rings. The van der Waals surface area contributed by atoms with Crippen molar-refractivity contribution in [3.8, 4) is 0 Å². The summed E-state index contributed by atoms with van der Waals surface area (Å²) in [4.78, 5) is 14.7. The predicted molar refractivity (Wildman–Crippen MR) is 61.7 cm³/mol. The van der Waals surface area contributed by atoms with Crippen molar-refractivity contribution in [2.24, 2.45) is 0 Å². The van der Waals surface area contributed by atoms with E-state index in [1.807, 2.05) is 0 Å². The lowest BCUT2D eigenvalue weighted by molar-refractivity contribution is 0.0945. The number of hydrogen-bond donors (Lipinski definition) is 1. The summed E-state index contributed by atoms with van der Waals surface area (Å²) in [6, 6.07) is 6.67. The van der Waals surface area contributed by atoms with Gasteiger partial charge in [-0.3, -0.25) is 4.79 Å². The Morgan fingerprint density at radius 2 is 2.00 bits per heavy atom. The average molecular weight is 266 g/mol. The zero-order chi connectivity index (χ0) is 13.8. The maximum Gasteiger partial charge on any atom is 0.254 e. The Kier molecular flexibility index (Phi) is 3.79. The topological polar surface area (TPSA) is 42.0 Å². The van der Waals surface area contributed by atoms with E-state index >= 15 is 0 Å². The van der Waals surface area contributed by atoms with Gasteiger partial charge in [-0.1, -0.05) is 12.1 Å². The van der Waals surface area contributed by atoms with Gasteiger partial charge in [-0.15, -0.1) is 0 Å². The van der Waals surface area contributed by atoms with Crippen molar-refractivity contribution in [1.29, 1.82) is 0 Å². The molecule has 1 aromatic heterocycles. The third kappa shape index (κ3) is 3.09. The highest BCUT2D eigenvalue weighted by Gasteiger charge is 2.15. The van der Waals surface area contributed by atoms with Gasteiger partial charge in [0.1, 0.15) is 5.82 Å². The predicted octanol–water partition coefficient (Wildman–Crippen LogP) is 2.43. The van der Waals surface area contributed by atoms with Crippen molar-refractivity contribution in [2.45, 2.75) is 6.54 Å². The van der Waals surface area contributed by atoms with Crippen LogP contribution in [0.25, 0.3) is 0 Å². The number of carbonyl (C=O) groups is 1. The maximum absolute atomic E-state index is 13.3. The van der Waals surface area contributed by atoms with Crippen LogP contribution < -0.4 is 5.32 Å². The molecule has 1 N–H and O–H groups in total. The second-order valence-electron chi connectivity index (χ2n) is 3.78. The first kappa shape index (κ1) is 13.1. The van der Waals surface area contributed by atoms with Crippen LogP contribution in [0.3, 0.4) is 0 Å². The molecular weight excluding hydrogens is 257 g/mol. The van der Waals surface area contributed by atoms with Crippen molar-refractivity contribution >= 4 is 5.91 Å². The fourth-order valence-electron chi connectivity index (χ4n) is 1.52. The number of hydrogen-bond acceptors (Lipinski definition) is 2. The van der Waals surface area contributed by atoms with Gasteiger partial charge in [0.25, 0.3) is 5.91 Å². The zero-order valence-corrected chi connectivity index (χ0v) is 9.66. The molecule has 0 unspecified atom stereocenters. The van der Waals surface area contributed by atoms with Gasteiger partial charge in [0.15, 0.2) is 5.82 Å². The minimum Gasteiger partial charge on any atom is -0.348 e. The number of pyridine rings is 1. The lowest BCUT2D eigenvalue weighted by Gasteiger charge is -2.06. The first-order valence-electron chi connectivity index (χ1n) is 5.40. The summed E-state index contributed by atoms with van der Waals surface area (Å²) in [5.41, 5.74) is 0.0761. The lowest BCUT2D eigenvalue weighted by atomic mass is 10.2. The normalized spacial score (nSPS) is 10.3. The molecule has 0 radical (unpaired) electrons. The van der Waals surface area contributed by atoms with E-state index in [0.29, 0.717) is 5.56 Å². The second kappa shape index (κ2) is 5.51. The third-order valence-electron chi connectivity index (χ3n) is 2.43. The van der Waals surface area contributed by atoms with Crippen LogP contribution in [0.1, 0.15) is 15.9 Å². The molecule has 0 bridgehead atoms. The van der Waals surface area contributed by atoms with E-state index in [1.165, 1.54) is 18.2 Å². The fourth-order valence-corrected chi connectivity index (χ4v) is 1.52. The first-order chi connectivity index (χ1) is 9.08. The highest BCUT2D eigenvalue weighted by Crippen LogP contribution is 2.09. The van der Waals surface area contributed by atoms with Crippen LogP contribution in [0.15, 0.2) is 36.5 Å². The molecule has 6 heteroatoms. The maximum atomic E-state index is 13.3. The Labute approximate surface area is 107 Å². The summed E-state index contributed by atoms with van der Waals surface area (Å²) < 4.78 is 39.0. The molecule has 0 fully saturated rings. The number of amides is 1. The van der Waals surface area contributed by atoms with E-state index in [0.717, 1.165) is 12.3 Å². The van der Waals surface area contributed by atoms with Crippen LogP contribution in [0.4, 0.5) is 13.2 Å². The van der Waals surface area contributed by atoms with Gasteiger partial charge in [0, 0.05) is 12.7 Å². The molecule has 0 saturated heterocycles. The monoisotopic (exact) mass is 266 g/mol. The molecule has 0 aliphatic heterocycles. The molecule has 2 rings (SSSR count). The Morgan fingerprint density at radius 3 is 2.74 bits per heavy atom. The standard InChI is InChI=1S/C13H9F3N2O/c14-9-3-1-2-8(6-9)7-18-13(19)10-4-5-17-12(16)11(10)15/h1-6H,7H2,(H,18,19). The van der Waals surface area contributed by atoms with Gasteiger partial charge in [-0.05, 0) is 23.8 Å². The molecule has 98 valence electrons. The molecule has 3 nitrogen and oxygen atoms in total. The van der Waals surface area contributed by atoms with Crippen molar-refractivity contribution < 1.29 is 18.0 Å². The number of halogens is 3. The highest BCUT2D eigenvalue weighted by atomic mass is 19.2. The zero-order valence-electron chi connectivity index (χ0n) is 9.66. The number of nitrogens with zero attached hydrogens (tertiary/aromatic N) is 1. The van der Waals surface area contributed by atoms with Crippen molar-refractivity contribution in [3.05, 3.63) is 65.2 Å². The summed E-state index contributed by atoms with van der Waals surface area (Å²) in [6.07, 6.45) is 0.996. The smallest absolute Gasteiger partial charge is 0.254 e. The van der Waals surface area contributed by atoms with Crippen LogP contribution in [0.5, 0.6) is 0 Å². The van der Waals surface area contributed by atoms with Gasteiger partial charge in [0.2, 0.25) is 5.95 Å². The molecule has 1 aromatic carbocycles. The molecule has 0 atom stereocenters. The third-order valence-corrected chi connectivity index (χ3v) is 2.43. The average Bonchev–Trinajstić information content (AvgIpc) is 2.39. The van der Waals surface area contributed by atoms with E-state index < -0.39 is 29.1 Å². The highest BCUT2D eigenvalue weighted by molar-refractivity contribution is 5.94. The Hall–Kier alpha value is -2.37. The summed E-state index contributed by atoms with van der Waals surface area (Å²) in [6.45, 7) is 0.0139. The van der Waals surface area contributed by atoms with Crippen molar-refractivity contribution in [1.82, 2.24) is 10.3 Å². The Morgan fingerprint density at radius 1 is 1.21 bits per heavy atom. The van der Waals surface area contributed by atoms with Gasteiger partial charge in [-0.25, -0.2) is 13.8 Å². The van der Waals surface area contributed by atoms with Gasteiger partial charge in [0.05, 0.1) is 5.56 Å². The van der Waals surface area contributed by atoms with Gasteiger partial charge < -0.3 is 5.32 Å². The number of aromatic nitrogens is 1. The summed E-state index contributed by atoms with van der Waals surface area (Å²) in [5, 5.41) is 2.37. The number of benzene rings is 1. The number of nitrogens with one attached hydrogen (secondary N) is 1. The quantitative estimate of drug-likeness (QED) is 0.867. The van der Waals surface area contributed by atoms with Crippen LogP contribution >= 0.6 is 0 Å². The molecule has 0 aliphatic carbocycles. The van der Waals surface area contributed by atoms with Gasteiger partial charge in [-0.2, -0.15) is 4.39 Å². The molecule has 0 spiro atoms. The molecule has 1 heterocycles. The summed E-state index contributed by atoms with van der Waals surface area (Å²) >= 11 is 0. The number of rotatable bonds is 3. The van der Waals surface area contributed by atoms with E-state index in [9.17, 15) is 18.0 Å². The number of carbonyl (C=O) groups excluding carboxylic acids is 1. The summed E-state index contributed by atoms with van der Waals surface area (Å²) in [5.74, 6) is -3.87. The lowest BCUT2D eigenvalue weighted by Crippen LogP contribution is -2.24. The van der Waals surface area contributed by atoms with E-state index in [-0.39, 0.29) is 6.54 Å². The fraction of sp³-hybridized carbons (Fsp3) is 0.0769. The first-order valence-corrected chi connectivity index (χ1v) is 5.40. The summed E-state index contributed by atoms with van der Waals surface area (Å²) in [7, 11) is 0. The SMILES string of the molecule is O=C(NCc1cccc(F)c1)c1ccnc(F)c1F. The van der Waals surface area contributed by atoms with E-state index in [1.54, 1.807) is 6.07 Å². The van der Waals surface area contributed by atoms with Crippen LogP contribution in [0.2, 0.25) is 0 Å². The molecule has 19 heavy (non-hydrogen) atoms. The van der Waals surface area contributed by atoms with E-state index in [4.69, 9.17) is 0 Å². The molecule has 1 amide bonds. The van der Waals surface area contributed by atoms with Crippen molar-refractivity contribution in [3.63, 3.8) is 0 Å².